The van der Waals surface area contributed by atoms with Gasteiger partial charge in [-0.05, 0) is 42.9 Å². The highest BCUT2D eigenvalue weighted by Gasteiger charge is 2.21. The number of carbonyl (C=O) groups is 1. The lowest BCUT2D eigenvalue weighted by molar-refractivity contribution is 0.147. The largest absolute Gasteiger partial charge is 0.396 e. The lowest BCUT2D eigenvalue weighted by Crippen LogP contribution is -2.41. The summed E-state index contributed by atoms with van der Waals surface area (Å²) in [6.07, 6.45) is 6.95. The van der Waals surface area contributed by atoms with Crippen molar-refractivity contribution in [3.05, 3.63) is 0 Å². The van der Waals surface area contributed by atoms with E-state index in [1.165, 1.54) is 25.7 Å². The van der Waals surface area contributed by atoms with Gasteiger partial charge in [0.25, 0.3) is 0 Å². The fourth-order valence-corrected chi connectivity index (χ4v) is 2.96. The van der Waals surface area contributed by atoms with Gasteiger partial charge < -0.3 is 15.3 Å². The van der Waals surface area contributed by atoms with Crippen molar-refractivity contribution < 1.29 is 9.90 Å². The first-order chi connectivity index (χ1) is 9.84. The van der Waals surface area contributed by atoms with E-state index in [9.17, 15) is 9.90 Å². The van der Waals surface area contributed by atoms with Crippen molar-refractivity contribution in [3.8, 4) is 0 Å². The standard InChI is InChI=1S/C17H34N2O2/c1-14-6-8-15(9-7-14)12-19(4)16(21)18-11-5-10-17(2,3)13-20/h14-15,20H,5-13H2,1-4H3,(H,18,21). The quantitative estimate of drug-likeness (QED) is 0.709. The SMILES string of the molecule is CC1CCC(CN(C)C(=O)NCCCC(C)(C)CO)CC1. The highest BCUT2D eigenvalue weighted by molar-refractivity contribution is 5.73. The van der Waals surface area contributed by atoms with Gasteiger partial charge in [-0.3, -0.25) is 0 Å². The topological polar surface area (TPSA) is 52.6 Å². The van der Waals surface area contributed by atoms with Crippen molar-refractivity contribution in [2.24, 2.45) is 17.3 Å². The Hall–Kier alpha value is -0.770. The molecule has 21 heavy (non-hydrogen) atoms. The van der Waals surface area contributed by atoms with Crippen LogP contribution in [0, 0.1) is 17.3 Å². The number of aliphatic hydroxyl groups excluding tert-OH is 1. The lowest BCUT2D eigenvalue weighted by Gasteiger charge is -2.30. The van der Waals surface area contributed by atoms with Gasteiger partial charge in [0.15, 0.2) is 0 Å². The van der Waals surface area contributed by atoms with E-state index >= 15 is 0 Å². The summed E-state index contributed by atoms with van der Waals surface area (Å²) in [5, 5.41) is 12.2. The molecule has 0 heterocycles. The average molecular weight is 298 g/mol. The second-order valence-electron chi connectivity index (χ2n) is 7.66. The molecule has 1 aliphatic rings. The first-order valence-corrected chi connectivity index (χ1v) is 8.44. The van der Waals surface area contributed by atoms with E-state index in [1.807, 2.05) is 25.8 Å². The Morgan fingerprint density at radius 3 is 2.48 bits per heavy atom. The number of hydrogen-bond acceptors (Lipinski definition) is 2. The van der Waals surface area contributed by atoms with Crippen LogP contribution in [0.4, 0.5) is 4.79 Å². The Morgan fingerprint density at radius 2 is 1.90 bits per heavy atom. The summed E-state index contributed by atoms with van der Waals surface area (Å²) >= 11 is 0. The maximum atomic E-state index is 12.0. The van der Waals surface area contributed by atoms with Gasteiger partial charge in [0, 0.05) is 26.7 Å². The summed E-state index contributed by atoms with van der Waals surface area (Å²) in [6.45, 7) is 8.17. The number of nitrogens with zero attached hydrogens (tertiary/aromatic N) is 1. The second-order valence-corrected chi connectivity index (χ2v) is 7.66. The maximum absolute atomic E-state index is 12.0. The van der Waals surface area contributed by atoms with Gasteiger partial charge in [-0.15, -0.1) is 0 Å². The van der Waals surface area contributed by atoms with Gasteiger partial charge >= 0.3 is 6.03 Å². The minimum atomic E-state index is -0.0462. The maximum Gasteiger partial charge on any atom is 0.317 e. The lowest BCUT2D eigenvalue weighted by atomic mass is 9.83. The fraction of sp³-hybridized carbons (Fsp3) is 0.941. The molecule has 0 spiro atoms. The number of hydrogen-bond donors (Lipinski definition) is 2. The molecule has 1 fully saturated rings. The van der Waals surface area contributed by atoms with Gasteiger partial charge in [-0.1, -0.05) is 33.6 Å². The van der Waals surface area contributed by atoms with Crippen LogP contribution in [0.1, 0.15) is 59.3 Å². The molecule has 0 aromatic rings. The Balaban J connectivity index is 2.16. The predicted octanol–water partition coefficient (Wildman–Crippen LogP) is 3.25. The average Bonchev–Trinajstić information content (AvgIpc) is 2.45. The zero-order valence-corrected chi connectivity index (χ0v) is 14.3. The van der Waals surface area contributed by atoms with E-state index in [0.29, 0.717) is 12.5 Å². The van der Waals surface area contributed by atoms with Gasteiger partial charge in [-0.2, -0.15) is 0 Å². The van der Waals surface area contributed by atoms with E-state index in [2.05, 4.69) is 12.2 Å². The van der Waals surface area contributed by atoms with Crippen molar-refractivity contribution in [1.82, 2.24) is 10.2 Å². The predicted molar refractivity (Wildman–Crippen MR) is 87.3 cm³/mol. The Bertz CT molecular complexity index is 310. The van der Waals surface area contributed by atoms with Crippen LogP contribution in [-0.2, 0) is 0 Å². The molecule has 1 rings (SSSR count). The number of urea groups is 1. The minimum Gasteiger partial charge on any atom is -0.396 e. The number of nitrogens with one attached hydrogen (secondary N) is 1. The molecule has 2 amide bonds. The molecule has 0 aromatic heterocycles. The molecule has 4 nitrogen and oxygen atoms in total. The molecule has 1 aliphatic carbocycles. The van der Waals surface area contributed by atoms with Crippen molar-refractivity contribution in [3.63, 3.8) is 0 Å². The number of aliphatic hydroxyl groups is 1. The van der Waals surface area contributed by atoms with E-state index < -0.39 is 0 Å². The monoisotopic (exact) mass is 298 g/mol. The highest BCUT2D eigenvalue weighted by atomic mass is 16.3. The Kier molecular flexibility index (Phi) is 7.50. The first-order valence-electron chi connectivity index (χ1n) is 8.44. The third-order valence-corrected chi connectivity index (χ3v) is 4.75. The van der Waals surface area contributed by atoms with Crippen molar-refractivity contribution in [2.45, 2.75) is 59.3 Å². The molecule has 2 N–H and O–H groups in total. The molecule has 0 unspecified atom stereocenters. The molecular weight excluding hydrogens is 264 g/mol. The summed E-state index contributed by atoms with van der Waals surface area (Å²) in [4.78, 5) is 13.9. The molecule has 0 atom stereocenters. The Labute approximate surface area is 130 Å². The highest BCUT2D eigenvalue weighted by Crippen LogP contribution is 2.28. The molecule has 0 radical (unpaired) electrons. The summed E-state index contributed by atoms with van der Waals surface area (Å²) in [5.41, 5.74) is -0.0462. The molecule has 0 aromatic carbocycles. The second kappa shape index (κ2) is 8.62. The minimum absolute atomic E-state index is 0.0374. The molecule has 0 aliphatic heterocycles. The summed E-state index contributed by atoms with van der Waals surface area (Å²) in [5.74, 6) is 1.53. The third kappa shape index (κ3) is 7.16. The van der Waals surface area contributed by atoms with Crippen LogP contribution in [0.5, 0.6) is 0 Å². The third-order valence-electron chi connectivity index (χ3n) is 4.75. The summed E-state index contributed by atoms with van der Waals surface area (Å²) in [7, 11) is 1.89. The smallest absolute Gasteiger partial charge is 0.317 e. The van der Waals surface area contributed by atoms with Gasteiger partial charge in [0.2, 0.25) is 0 Å². The number of carbonyl (C=O) groups excluding carboxylic acids is 1. The van der Waals surface area contributed by atoms with Crippen LogP contribution in [-0.4, -0.2) is 42.8 Å². The van der Waals surface area contributed by atoms with Gasteiger partial charge in [0.05, 0.1) is 0 Å². The van der Waals surface area contributed by atoms with Gasteiger partial charge in [-0.25, -0.2) is 4.79 Å². The molecule has 1 saturated carbocycles. The van der Waals surface area contributed by atoms with Crippen LogP contribution in [0.2, 0.25) is 0 Å². The van der Waals surface area contributed by atoms with Crippen LogP contribution in [0.15, 0.2) is 0 Å². The molecule has 0 saturated heterocycles. The zero-order valence-electron chi connectivity index (χ0n) is 14.3. The number of amides is 2. The van der Waals surface area contributed by atoms with Crippen molar-refractivity contribution in [1.29, 1.82) is 0 Å². The van der Waals surface area contributed by atoms with Crippen LogP contribution in [0.3, 0.4) is 0 Å². The fourth-order valence-electron chi connectivity index (χ4n) is 2.96. The normalized spacial score (nSPS) is 22.9. The molecular formula is C17H34N2O2. The van der Waals surface area contributed by atoms with Crippen molar-refractivity contribution >= 4 is 6.03 Å². The van der Waals surface area contributed by atoms with E-state index in [-0.39, 0.29) is 18.1 Å². The zero-order chi connectivity index (χ0) is 15.9. The van der Waals surface area contributed by atoms with E-state index in [4.69, 9.17) is 0 Å². The number of rotatable bonds is 7. The van der Waals surface area contributed by atoms with Crippen LogP contribution in [0.25, 0.3) is 0 Å². The Morgan fingerprint density at radius 1 is 1.29 bits per heavy atom. The summed E-state index contributed by atoms with van der Waals surface area (Å²) in [6, 6.07) is 0.0374. The molecule has 124 valence electrons. The van der Waals surface area contributed by atoms with E-state index in [0.717, 1.165) is 25.3 Å². The van der Waals surface area contributed by atoms with Crippen molar-refractivity contribution in [2.75, 3.05) is 26.7 Å². The first kappa shape index (κ1) is 18.3. The summed E-state index contributed by atoms with van der Waals surface area (Å²) < 4.78 is 0. The molecule has 4 heteroatoms. The van der Waals surface area contributed by atoms with Crippen LogP contribution < -0.4 is 5.32 Å². The van der Waals surface area contributed by atoms with Crippen LogP contribution >= 0.6 is 0 Å². The van der Waals surface area contributed by atoms with Gasteiger partial charge in [0.1, 0.15) is 0 Å². The molecule has 0 bridgehead atoms. The van der Waals surface area contributed by atoms with E-state index in [1.54, 1.807) is 0 Å².